The SMILES string of the molecule is C=CCN1C(=O)N[C@H](c2cccc(F)c2)C(C(=O)OCC)=C1CN1CCN(C(=O)NC(C)(C)C)[C@H](C)C1. The van der Waals surface area contributed by atoms with Crippen molar-refractivity contribution in [1.82, 2.24) is 25.3 Å². The van der Waals surface area contributed by atoms with E-state index in [0.717, 1.165) is 0 Å². The molecule has 2 heterocycles. The minimum atomic E-state index is -0.866. The molecule has 37 heavy (non-hydrogen) atoms. The van der Waals surface area contributed by atoms with Crippen molar-refractivity contribution in [3.05, 3.63) is 59.6 Å². The second-order valence-corrected chi connectivity index (χ2v) is 10.4. The van der Waals surface area contributed by atoms with Crippen LogP contribution in [0.5, 0.6) is 0 Å². The van der Waals surface area contributed by atoms with E-state index < -0.39 is 23.9 Å². The molecule has 3 rings (SSSR count). The third-order valence-corrected chi connectivity index (χ3v) is 6.26. The number of amides is 4. The zero-order chi connectivity index (χ0) is 27.3. The standard InChI is InChI=1S/C27H38FN5O4/c1-7-12-33-21(17-31-13-14-32(18(3)16-31)26(36)30-27(4,5)6)22(24(34)37-8-2)23(29-25(33)35)19-10-9-11-20(28)15-19/h7,9-11,15,18,23H,1,8,12-14,16-17H2,2-6H3,(H,29,35)(H,30,36)/t18-,23-/m1/s1. The summed E-state index contributed by atoms with van der Waals surface area (Å²) in [4.78, 5) is 44.6. The van der Waals surface area contributed by atoms with Gasteiger partial charge in [0.05, 0.1) is 18.2 Å². The van der Waals surface area contributed by atoms with Crippen LogP contribution in [0.15, 0.2) is 48.2 Å². The molecule has 0 radical (unpaired) electrons. The van der Waals surface area contributed by atoms with Crippen molar-refractivity contribution >= 4 is 18.0 Å². The number of rotatable bonds is 7. The maximum absolute atomic E-state index is 14.1. The second-order valence-electron chi connectivity index (χ2n) is 10.4. The summed E-state index contributed by atoms with van der Waals surface area (Å²) in [5, 5.41) is 5.84. The summed E-state index contributed by atoms with van der Waals surface area (Å²) in [5.74, 6) is -1.04. The van der Waals surface area contributed by atoms with Crippen LogP contribution in [0.2, 0.25) is 0 Å². The number of hydrogen-bond acceptors (Lipinski definition) is 5. The molecule has 9 nitrogen and oxygen atoms in total. The van der Waals surface area contributed by atoms with Crippen LogP contribution in [0.4, 0.5) is 14.0 Å². The highest BCUT2D eigenvalue weighted by Gasteiger charge is 2.39. The molecule has 0 saturated carbocycles. The first kappa shape index (κ1) is 28.2. The summed E-state index contributed by atoms with van der Waals surface area (Å²) < 4.78 is 19.5. The number of carbonyl (C=O) groups is 3. The lowest BCUT2D eigenvalue weighted by Crippen LogP contribution is -2.59. The van der Waals surface area contributed by atoms with Gasteiger partial charge in [-0.3, -0.25) is 9.80 Å². The van der Waals surface area contributed by atoms with Crippen LogP contribution in [0.25, 0.3) is 0 Å². The molecule has 1 fully saturated rings. The van der Waals surface area contributed by atoms with Gasteiger partial charge < -0.3 is 20.3 Å². The number of carbonyl (C=O) groups excluding carboxylic acids is 3. The van der Waals surface area contributed by atoms with Crippen molar-refractivity contribution < 1.29 is 23.5 Å². The van der Waals surface area contributed by atoms with Gasteiger partial charge in [0.25, 0.3) is 0 Å². The first-order chi connectivity index (χ1) is 17.4. The van der Waals surface area contributed by atoms with Crippen LogP contribution in [0.3, 0.4) is 0 Å². The summed E-state index contributed by atoms with van der Waals surface area (Å²) in [6.07, 6.45) is 1.59. The molecule has 0 bridgehead atoms. The minimum Gasteiger partial charge on any atom is -0.463 e. The van der Waals surface area contributed by atoms with Gasteiger partial charge in [-0.25, -0.2) is 18.8 Å². The Balaban J connectivity index is 1.96. The topological polar surface area (TPSA) is 94.2 Å². The van der Waals surface area contributed by atoms with E-state index in [9.17, 15) is 18.8 Å². The third-order valence-electron chi connectivity index (χ3n) is 6.26. The molecule has 2 aliphatic heterocycles. The van der Waals surface area contributed by atoms with E-state index in [1.54, 1.807) is 30.0 Å². The Morgan fingerprint density at radius 3 is 2.62 bits per heavy atom. The molecule has 1 aromatic rings. The molecule has 4 amide bonds. The minimum absolute atomic E-state index is 0.0907. The molecule has 0 aliphatic carbocycles. The molecule has 2 atom stereocenters. The molecular formula is C27H38FN5O4. The summed E-state index contributed by atoms with van der Waals surface area (Å²) in [7, 11) is 0. The number of halogens is 1. The lowest BCUT2D eigenvalue weighted by atomic mass is 9.94. The lowest BCUT2D eigenvalue weighted by molar-refractivity contribution is -0.139. The highest BCUT2D eigenvalue weighted by molar-refractivity contribution is 5.95. The summed E-state index contributed by atoms with van der Waals surface area (Å²) in [6.45, 7) is 15.5. The van der Waals surface area contributed by atoms with Gasteiger partial charge in [-0.05, 0) is 52.3 Å². The number of hydrogen-bond donors (Lipinski definition) is 2. The molecular weight excluding hydrogens is 477 g/mol. The maximum atomic E-state index is 14.1. The lowest BCUT2D eigenvalue weighted by Gasteiger charge is -2.43. The quantitative estimate of drug-likeness (QED) is 0.429. The van der Waals surface area contributed by atoms with Crippen molar-refractivity contribution in [1.29, 1.82) is 0 Å². The van der Waals surface area contributed by atoms with Crippen molar-refractivity contribution in [2.24, 2.45) is 0 Å². The van der Waals surface area contributed by atoms with Crippen molar-refractivity contribution in [3.63, 3.8) is 0 Å². The normalized spacial score (nSPS) is 21.0. The van der Waals surface area contributed by atoms with E-state index in [0.29, 0.717) is 30.9 Å². The van der Waals surface area contributed by atoms with E-state index in [2.05, 4.69) is 22.1 Å². The fraction of sp³-hybridized carbons (Fsp3) is 0.519. The molecule has 10 heteroatoms. The average Bonchev–Trinajstić information content (AvgIpc) is 2.80. The number of nitrogens with zero attached hydrogens (tertiary/aromatic N) is 3. The van der Waals surface area contributed by atoms with E-state index in [-0.39, 0.29) is 42.9 Å². The van der Waals surface area contributed by atoms with Crippen LogP contribution >= 0.6 is 0 Å². The number of ether oxygens (including phenoxy) is 1. The molecule has 0 spiro atoms. The number of piperazine rings is 1. The Hall–Kier alpha value is -3.40. The highest BCUT2D eigenvalue weighted by atomic mass is 19.1. The predicted octanol–water partition coefficient (Wildman–Crippen LogP) is 3.41. The van der Waals surface area contributed by atoms with Crippen LogP contribution in [-0.2, 0) is 9.53 Å². The first-order valence-corrected chi connectivity index (χ1v) is 12.6. The van der Waals surface area contributed by atoms with Crippen molar-refractivity contribution in [2.45, 2.75) is 52.2 Å². The van der Waals surface area contributed by atoms with Crippen LogP contribution in [-0.4, -0.2) is 83.6 Å². The smallest absolute Gasteiger partial charge is 0.338 e. The molecule has 0 aromatic heterocycles. The molecule has 1 aromatic carbocycles. The zero-order valence-electron chi connectivity index (χ0n) is 22.3. The van der Waals surface area contributed by atoms with Gasteiger partial charge in [-0.1, -0.05) is 18.2 Å². The third kappa shape index (κ3) is 6.88. The first-order valence-electron chi connectivity index (χ1n) is 12.6. The van der Waals surface area contributed by atoms with Crippen LogP contribution < -0.4 is 10.6 Å². The van der Waals surface area contributed by atoms with E-state index in [4.69, 9.17) is 4.74 Å². The molecule has 1 saturated heterocycles. The van der Waals surface area contributed by atoms with E-state index in [1.165, 1.54) is 17.0 Å². The van der Waals surface area contributed by atoms with E-state index >= 15 is 0 Å². The maximum Gasteiger partial charge on any atom is 0.338 e. The van der Waals surface area contributed by atoms with Gasteiger partial charge in [0.15, 0.2) is 0 Å². The summed E-state index contributed by atoms with van der Waals surface area (Å²) >= 11 is 0. The molecule has 2 aliphatic rings. The van der Waals surface area contributed by atoms with Crippen LogP contribution in [0, 0.1) is 5.82 Å². The number of nitrogens with one attached hydrogen (secondary N) is 2. The highest BCUT2D eigenvalue weighted by Crippen LogP contribution is 2.32. The number of benzene rings is 1. The van der Waals surface area contributed by atoms with Gasteiger partial charge in [-0.2, -0.15) is 0 Å². The predicted molar refractivity (Wildman–Crippen MR) is 139 cm³/mol. The molecule has 0 unspecified atom stereocenters. The number of esters is 1. The molecule has 2 N–H and O–H groups in total. The largest absolute Gasteiger partial charge is 0.463 e. The summed E-state index contributed by atoms with van der Waals surface area (Å²) in [5.41, 5.74) is 0.842. The molecule has 202 valence electrons. The number of urea groups is 2. The Morgan fingerprint density at radius 2 is 2.03 bits per heavy atom. The zero-order valence-corrected chi connectivity index (χ0v) is 22.3. The van der Waals surface area contributed by atoms with Gasteiger partial charge in [0.1, 0.15) is 5.82 Å². The van der Waals surface area contributed by atoms with Crippen molar-refractivity contribution in [2.75, 3.05) is 39.3 Å². The van der Waals surface area contributed by atoms with Gasteiger partial charge >= 0.3 is 18.0 Å². The summed E-state index contributed by atoms with van der Waals surface area (Å²) in [6, 6.07) is 4.34. The van der Waals surface area contributed by atoms with Gasteiger partial charge in [0, 0.05) is 50.0 Å². The Morgan fingerprint density at radius 1 is 1.30 bits per heavy atom. The second kappa shape index (κ2) is 11.8. The van der Waals surface area contributed by atoms with Gasteiger partial charge in [0.2, 0.25) is 0 Å². The van der Waals surface area contributed by atoms with Crippen molar-refractivity contribution in [3.8, 4) is 0 Å². The Bertz CT molecular complexity index is 1070. The fourth-order valence-electron chi connectivity index (χ4n) is 4.66. The fourth-order valence-corrected chi connectivity index (χ4v) is 4.66. The Labute approximate surface area is 218 Å². The monoisotopic (exact) mass is 515 g/mol. The average molecular weight is 516 g/mol. The Kier molecular flexibility index (Phi) is 8.96. The van der Waals surface area contributed by atoms with Crippen LogP contribution in [0.1, 0.15) is 46.2 Å². The van der Waals surface area contributed by atoms with Gasteiger partial charge in [-0.15, -0.1) is 6.58 Å². The van der Waals surface area contributed by atoms with E-state index in [1.807, 2.05) is 27.7 Å².